The van der Waals surface area contributed by atoms with E-state index in [1.807, 2.05) is 36.4 Å². The fourth-order valence-electron chi connectivity index (χ4n) is 4.58. The Bertz CT molecular complexity index is 1380. The van der Waals surface area contributed by atoms with Gasteiger partial charge in [-0.2, -0.15) is 0 Å². The number of anilines is 2. The Hall–Kier alpha value is -4.11. The van der Waals surface area contributed by atoms with Gasteiger partial charge in [0.1, 0.15) is 18.0 Å². The van der Waals surface area contributed by atoms with Crippen molar-refractivity contribution in [3.8, 4) is 11.3 Å². The summed E-state index contributed by atoms with van der Waals surface area (Å²) in [4.78, 5) is 32.3. The molecule has 0 radical (unpaired) electrons. The molecule has 1 fully saturated rings. The summed E-state index contributed by atoms with van der Waals surface area (Å²) in [5, 5.41) is 16.7. The lowest BCUT2D eigenvalue weighted by atomic mass is 9.96. The fraction of sp³-hybridized carbons (Fsp3) is 0.296. The second-order valence-electron chi connectivity index (χ2n) is 9.05. The van der Waals surface area contributed by atoms with Gasteiger partial charge in [0.2, 0.25) is 0 Å². The van der Waals surface area contributed by atoms with E-state index < -0.39 is 0 Å². The van der Waals surface area contributed by atoms with Gasteiger partial charge in [-0.15, -0.1) is 0 Å². The van der Waals surface area contributed by atoms with E-state index >= 15 is 0 Å². The number of benzene rings is 1. The van der Waals surface area contributed by atoms with Crippen molar-refractivity contribution in [1.82, 2.24) is 25.3 Å². The average molecular weight is 484 g/mol. The van der Waals surface area contributed by atoms with Crippen molar-refractivity contribution >= 4 is 28.4 Å². The molecule has 1 aliphatic heterocycles. The molecule has 4 aromatic rings. The molecular weight excluding hydrogens is 454 g/mol. The summed E-state index contributed by atoms with van der Waals surface area (Å²) < 4.78 is 0. The zero-order chi connectivity index (χ0) is 25.1. The summed E-state index contributed by atoms with van der Waals surface area (Å²) in [7, 11) is 1.63. The van der Waals surface area contributed by atoms with Crippen LogP contribution in [0.2, 0.25) is 0 Å². The van der Waals surface area contributed by atoms with Gasteiger partial charge < -0.3 is 20.6 Å². The first-order valence-electron chi connectivity index (χ1n) is 12.1. The standard InChI is InChI=1S/C27H29N7O2/c1-17(20-4-3-5-21-22(27(36)28-2)8-10-29-26(20)21)13-30-24-12-23(32-16-33-24)18-6-7-25(31-14-18)34-11-9-19(35)15-34/h3-8,10,12,14,16-17,19,35H,9,11,13,15H2,1-2H3,(H,28,36)(H,30,32,33)/t17-,19-/m1/s1. The van der Waals surface area contributed by atoms with E-state index in [9.17, 15) is 9.90 Å². The molecule has 0 aliphatic carbocycles. The molecule has 0 spiro atoms. The molecule has 1 aromatic carbocycles. The number of rotatable bonds is 7. The third kappa shape index (κ3) is 4.83. The van der Waals surface area contributed by atoms with Gasteiger partial charge in [0.15, 0.2) is 0 Å². The van der Waals surface area contributed by atoms with E-state index in [4.69, 9.17) is 0 Å². The van der Waals surface area contributed by atoms with Crippen LogP contribution in [0.4, 0.5) is 11.6 Å². The van der Waals surface area contributed by atoms with Crippen molar-refractivity contribution < 1.29 is 9.90 Å². The van der Waals surface area contributed by atoms with E-state index in [2.05, 4.69) is 42.4 Å². The van der Waals surface area contributed by atoms with Crippen LogP contribution in [0.1, 0.15) is 35.2 Å². The third-order valence-corrected chi connectivity index (χ3v) is 6.59. The van der Waals surface area contributed by atoms with Gasteiger partial charge in [-0.05, 0) is 30.2 Å². The van der Waals surface area contributed by atoms with Crippen molar-refractivity contribution in [3.63, 3.8) is 0 Å². The molecule has 9 heteroatoms. The van der Waals surface area contributed by atoms with Crippen molar-refractivity contribution in [2.45, 2.75) is 25.4 Å². The minimum Gasteiger partial charge on any atom is -0.391 e. The van der Waals surface area contributed by atoms with Crippen LogP contribution in [0, 0.1) is 0 Å². The maximum atomic E-state index is 12.3. The van der Waals surface area contributed by atoms with Crippen LogP contribution in [-0.2, 0) is 0 Å². The van der Waals surface area contributed by atoms with Crippen LogP contribution in [-0.4, -0.2) is 63.7 Å². The first-order valence-corrected chi connectivity index (χ1v) is 12.1. The number of carbonyl (C=O) groups is 1. The minimum absolute atomic E-state index is 0.122. The molecule has 1 amide bonds. The predicted octanol–water partition coefficient (Wildman–Crippen LogP) is 3.23. The largest absolute Gasteiger partial charge is 0.391 e. The topological polar surface area (TPSA) is 116 Å². The van der Waals surface area contributed by atoms with Crippen molar-refractivity contribution in [3.05, 3.63) is 72.3 Å². The third-order valence-electron chi connectivity index (χ3n) is 6.59. The first-order chi connectivity index (χ1) is 17.5. The highest BCUT2D eigenvalue weighted by molar-refractivity contribution is 6.06. The monoisotopic (exact) mass is 483 g/mol. The highest BCUT2D eigenvalue weighted by atomic mass is 16.3. The number of hydrogen-bond acceptors (Lipinski definition) is 8. The lowest BCUT2D eigenvalue weighted by molar-refractivity contribution is 0.0964. The van der Waals surface area contributed by atoms with Crippen LogP contribution in [0.3, 0.4) is 0 Å². The molecule has 0 saturated carbocycles. The molecule has 0 unspecified atom stereocenters. The highest BCUT2D eigenvalue weighted by Gasteiger charge is 2.21. The average Bonchev–Trinajstić information content (AvgIpc) is 3.37. The summed E-state index contributed by atoms with van der Waals surface area (Å²) in [6, 6.07) is 13.6. The number of aliphatic hydroxyl groups is 1. The molecule has 2 atom stereocenters. The van der Waals surface area contributed by atoms with Crippen molar-refractivity contribution in [2.24, 2.45) is 0 Å². The van der Waals surface area contributed by atoms with Crippen LogP contribution < -0.4 is 15.5 Å². The quantitative estimate of drug-likeness (QED) is 0.367. The van der Waals surface area contributed by atoms with E-state index in [0.717, 1.165) is 52.3 Å². The molecule has 3 aromatic heterocycles. The number of nitrogens with zero attached hydrogens (tertiary/aromatic N) is 5. The minimum atomic E-state index is -0.285. The maximum absolute atomic E-state index is 12.3. The first kappa shape index (κ1) is 23.6. The zero-order valence-electron chi connectivity index (χ0n) is 20.3. The highest BCUT2D eigenvalue weighted by Crippen LogP contribution is 2.27. The Morgan fingerprint density at radius 1 is 1.17 bits per heavy atom. The number of nitrogens with one attached hydrogen (secondary N) is 2. The van der Waals surface area contributed by atoms with Gasteiger partial charge in [-0.25, -0.2) is 15.0 Å². The summed E-state index contributed by atoms with van der Waals surface area (Å²) in [5.74, 6) is 1.58. The molecule has 184 valence electrons. The van der Waals surface area contributed by atoms with Crippen molar-refractivity contribution in [2.75, 3.05) is 36.9 Å². The Morgan fingerprint density at radius 3 is 2.81 bits per heavy atom. The summed E-state index contributed by atoms with van der Waals surface area (Å²) in [5.41, 5.74) is 4.19. The Labute approximate surface area is 209 Å². The lowest BCUT2D eigenvalue weighted by Gasteiger charge is -2.17. The maximum Gasteiger partial charge on any atom is 0.251 e. The van der Waals surface area contributed by atoms with Gasteiger partial charge in [0, 0.05) is 62.0 Å². The summed E-state index contributed by atoms with van der Waals surface area (Å²) >= 11 is 0. The summed E-state index contributed by atoms with van der Waals surface area (Å²) in [6.07, 6.45) is 5.51. The van der Waals surface area contributed by atoms with E-state index in [0.29, 0.717) is 18.7 Å². The lowest BCUT2D eigenvalue weighted by Crippen LogP contribution is -2.21. The number of aromatic nitrogens is 4. The number of amides is 1. The number of hydrogen-bond donors (Lipinski definition) is 3. The number of β-amino-alcohol motifs (C(OH)–C–C–N with tert-alkyl or cyclic N) is 1. The number of pyridine rings is 2. The van der Waals surface area contributed by atoms with Crippen LogP contribution in [0.15, 0.2) is 61.2 Å². The molecule has 1 aliphatic rings. The molecule has 36 heavy (non-hydrogen) atoms. The van der Waals surface area contributed by atoms with Crippen LogP contribution in [0.25, 0.3) is 22.2 Å². The van der Waals surface area contributed by atoms with Crippen molar-refractivity contribution in [1.29, 1.82) is 0 Å². The second-order valence-corrected chi connectivity index (χ2v) is 9.05. The molecule has 9 nitrogen and oxygen atoms in total. The zero-order valence-corrected chi connectivity index (χ0v) is 20.3. The molecule has 0 bridgehead atoms. The molecule has 5 rings (SSSR count). The Morgan fingerprint density at radius 2 is 2.06 bits per heavy atom. The Balaban J connectivity index is 1.30. The number of aliphatic hydroxyl groups excluding tert-OH is 1. The van der Waals surface area contributed by atoms with Gasteiger partial charge in [-0.3, -0.25) is 9.78 Å². The van der Waals surface area contributed by atoms with Gasteiger partial charge in [0.25, 0.3) is 5.91 Å². The van der Waals surface area contributed by atoms with E-state index in [1.165, 1.54) is 0 Å². The van der Waals surface area contributed by atoms with Gasteiger partial charge in [0.05, 0.1) is 22.9 Å². The number of carbonyl (C=O) groups excluding carboxylic acids is 1. The van der Waals surface area contributed by atoms with Gasteiger partial charge in [-0.1, -0.05) is 25.1 Å². The van der Waals surface area contributed by atoms with E-state index in [-0.39, 0.29) is 17.9 Å². The smallest absolute Gasteiger partial charge is 0.251 e. The van der Waals surface area contributed by atoms with E-state index in [1.54, 1.807) is 31.8 Å². The predicted molar refractivity (Wildman–Crippen MR) is 140 cm³/mol. The fourth-order valence-corrected chi connectivity index (χ4v) is 4.58. The number of fused-ring (bicyclic) bond motifs is 1. The Kier molecular flexibility index (Phi) is 6.73. The second kappa shape index (κ2) is 10.2. The number of para-hydroxylation sites is 1. The van der Waals surface area contributed by atoms with Gasteiger partial charge >= 0.3 is 0 Å². The van der Waals surface area contributed by atoms with Crippen LogP contribution >= 0.6 is 0 Å². The molecule has 4 heterocycles. The van der Waals surface area contributed by atoms with Crippen LogP contribution in [0.5, 0.6) is 0 Å². The SMILES string of the molecule is CNC(=O)c1ccnc2c([C@H](C)CNc3cc(-c4ccc(N5CC[C@@H](O)C5)nc4)ncn3)cccc12. The molecule has 3 N–H and O–H groups in total. The summed E-state index contributed by atoms with van der Waals surface area (Å²) in [6.45, 7) is 4.18. The molecular formula is C27H29N7O2. The normalized spacial score (nSPS) is 16.2. The molecule has 1 saturated heterocycles.